The monoisotopic (exact) mass is 372 g/mol. The Kier molecular flexibility index (Phi) is 6.19. The zero-order chi connectivity index (χ0) is 18.5. The van der Waals surface area contributed by atoms with Gasteiger partial charge < -0.3 is 10.1 Å². The number of ether oxygens (including phenoxy) is 1. The summed E-state index contributed by atoms with van der Waals surface area (Å²) < 4.78 is 5.31. The minimum Gasteiger partial charge on any atom is -0.379 e. The number of carbonyl (C=O) groups is 2. The molecule has 1 aliphatic rings. The van der Waals surface area contributed by atoms with Crippen LogP contribution < -0.4 is 5.32 Å². The van der Waals surface area contributed by atoms with Gasteiger partial charge in [-0.25, -0.2) is 0 Å². The minimum absolute atomic E-state index is 0.0497. The number of hydrogen-bond donors (Lipinski definition) is 1. The van der Waals surface area contributed by atoms with Crippen LogP contribution in [0.15, 0.2) is 30.3 Å². The number of benzene rings is 1. The molecular formula is C20H24N2O3S. The molecule has 2 heterocycles. The van der Waals surface area contributed by atoms with E-state index >= 15 is 0 Å². The van der Waals surface area contributed by atoms with Gasteiger partial charge in [0, 0.05) is 23.5 Å². The topological polar surface area (TPSA) is 58.6 Å². The molecule has 0 unspecified atom stereocenters. The highest BCUT2D eigenvalue weighted by atomic mass is 32.1. The lowest BCUT2D eigenvalue weighted by Crippen LogP contribution is -2.41. The first-order valence-electron chi connectivity index (χ1n) is 8.91. The Morgan fingerprint density at radius 2 is 2.00 bits per heavy atom. The van der Waals surface area contributed by atoms with E-state index in [-0.39, 0.29) is 11.7 Å². The van der Waals surface area contributed by atoms with E-state index in [1.165, 1.54) is 11.3 Å². The smallest absolute Gasteiger partial charge is 0.239 e. The summed E-state index contributed by atoms with van der Waals surface area (Å²) >= 11 is 1.48. The van der Waals surface area contributed by atoms with Crippen LogP contribution in [-0.2, 0) is 16.0 Å². The van der Waals surface area contributed by atoms with E-state index in [4.69, 9.17) is 4.74 Å². The molecule has 0 aliphatic carbocycles. The zero-order valence-corrected chi connectivity index (χ0v) is 16.0. The Balaban J connectivity index is 1.77. The Morgan fingerprint density at radius 1 is 1.23 bits per heavy atom. The zero-order valence-electron chi connectivity index (χ0n) is 15.2. The van der Waals surface area contributed by atoms with E-state index in [0.29, 0.717) is 35.9 Å². The third-order valence-corrected chi connectivity index (χ3v) is 5.58. The largest absolute Gasteiger partial charge is 0.379 e. The van der Waals surface area contributed by atoms with Crippen molar-refractivity contribution in [2.75, 3.05) is 38.2 Å². The van der Waals surface area contributed by atoms with Crippen molar-refractivity contribution in [3.8, 4) is 0 Å². The standard InChI is InChI=1S/C20H24N2O3S/c1-3-16-12-17(19(24)15-6-4-5-14(2)11-15)20(26-16)21-18(23)13-22-7-9-25-10-8-22/h4-6,11-12H,3,7-10,13H2,1-2H3,(H,21,23). The summed E-state index contributed by atoms with van der Waals surface area (Å²) in [5.74, 6) is -0.138. The number of nitrogens with zero attached hydrogens (tertiary/aromatic N) is 1. The summed E-state index contributed by atoms with van der Waals surface area (Å²) in [4.78, 5) is 28.5. The second-order valence-corrected chi connectivity index (χ2v) is 7.58. The van der Waals surface area contributed by atoms with Crippen LogP contribution in [0.5, 0.6) is 0 Å². The third-order valence-electron chi connectivity index (χ3n) is 4.38. The van der Waals surface area contributed by atoms with Crippen molar-refractivity contribution in [2.45, 2.75) is 20.3 Å². The molecule has 1 N–H and O–H groups in total. The van der Waals surface area contributed by atoms with Crippen molar-refractivity contribution in [1.82, 2.24) is 4.90 Å². The Hall–Kier alpha value is -2.02. The number of hydrogen-bond acceptors (Lipinski definition) is 5. The molecule has 2 aromatic rings. The second-order valence-electron chi connectivity index (χ2n) is 6.44. The number of anilines is 1. The van der Waals surface area contributed by atoms with Crippen LogP contribution in [0.3, 0.4) is 0 Å². The summed E-state index contributed by atoms with van der Waals surface area (Å²) in [5.41, 5.74) is 2.27. The van der Waals surface area contributed by atoms with E-state index in [1.807, 2.05) is 44.2 Å². The molecule has 26 heavy (non-hydrogen) atoms. The quantitative estimate of drug-likeness (QED) is 0.792. The van der Waals surface area contributed by atoms with Crippen molar-refractivity contribution in [3.63, 3.8) is 0 Å². The predicted molar refractivity (Wildman–Crippen MR) is 104 cm³/mol. The predicted octanol–water partition coefficient (Wildman–Crippen LogP) is 3.12. The summed E-state index contributed by atoms with van der Waals surface area (Å²) in [6, 6.07) is 9.45. The van der Waals surface area contributed by atoms with Gasteiger partial charge in [-0.05, 0) is 25.5 Å². The summed E-state index contributed by atoms with van der Waals surface area (Å²) in [6.45, 7) is 7.16. The van der Waals surface area contributed by atoms with E-state index in [9.17, 15) is 9.59 Å². The van der Waals surface area contributed by atoms with Gasteiger partial charge in [-0.2, -0.15) is 0 Å². The molecule has 0 atom stereocenters. The number of carbonyl (C=O) groups excluding carboxylic acids is 2. The van der Waals surface area contributed by atoms with Gasteiger partial charge in [0.05, 0.1) is 25.3 Å². The summed E-state index contributed by atoms with van der Waals surface area (Å²) in [5, 5.41) is 3.60. The summed E-state index contributed by atoms with van der Waals surface area (Å²) in [7, 11) is 0. The average Bonchev–Trinajstić information content (AvgIpc) is 3.04. The lowest BCUT2D eigenvalue weighted by Gasteiger charge is -2.25. The Labute approximate surface area is 158 Å². The van der Waals surface area contributed by atoms with Crippen LogP contribution in [0.4, 0.5) is 5.00 Å². The van der Waals surface area contributed by atoms with E-state index in [2.05, 4.69) is 10.2 Å². The number of aryl methyl sites for hydroxylation is 2. The molecule has 0 spiro atoms. The van der Waals surface area contributed by atoms with Crippen LogP contribution >= 0.6 is 11.3 Å². The lowest BCUT2D eigenvalue weighted by atomic mass is 10.0. The fourth-order valence-electron chi connectivity index (χ4n) is 2.95. The van der Waals surface area contributed by atoms with Gasteiger partial charge in [-0.1, -0.05) is 30.7 Å². The first-order valence-corrected chi connectivity index (χ1v) is 9.72. The van der Waals surface area contributed by atoms with Crippen molar-refractivity contribution in [1.29, 1.82) is 0 Å². The van der Waals surface area contributed by atoms with Gasteiger partial charge in [0.25, 0.3) is 0 Å². The molecule has 1 aliphatic heterocycles. The first-order chi connectivity index (χ1) is 12.6. The molecule has 1 fully saturated rings. The summed E-state index contributed by atoms with van der Waals surface area (Å²) in [6.07, 6.45) is 0.831. The van der Waals surface area contributed by atoms with Gasteiger partial charge >= 0.3 is 0 Å². The number of thiophene rings is 1. The van der Waals surface area contributed by atoms with Crippen molar-refractivity contribution < 1.29 is 14.3 Å². The molecule has 0 radical (unpaired) electrons. The van der Waals surface area contributed by atoms with Crippen molar-refractivity contribution in [2.24, 2.45) is 0 Å². The molecule has 0 saturated carbocycles. The van der Waals surface area contributed by atoms with Crippen LogP contribution in [-0.4, -0.2) is 49.4 Å². The molecule has 0 bridgehead atoms. The fourth-order valence-corrected chi connectivity index (χ4v) is 3.96. The molecule has 1 aromatic heterocycles. The van der Waals surface area contributed by atoms with Crippen LogP contribution in [0, 0.1) is 6.92 Å². The second kappa shape index (κ2) is 8.58. The van der Waals surface area contributed by atoms with Gasteiger partial charge in [0.15, 0.2) is 5.78 Å². The number of morpholine rings is 1. The third kappa shape index (κ3) is 4.58. The Morgan fingerprint density at radius 3 is 2.69 bits per heavy atom. The maximum Gasteiger partial charge on any atom is 0.239 e. The molecule has 1 amide bonds. The van der Waals surface area contributed by atoms with Crippen LogP contribution in [0.1, 0.15) is 33.3 Å². The van der Waals surface area contributed by atoms with Gasteiger partial charge in [-0.15, -0.1) is 11.3 Å². The van der Waals surface area contributed by atoms with E-state index in [0.717, 1.165) is 30.0 Å². The fraction of sp³-hybridized carbons (Fsp3) is 0.400. The minimum atomic E-state index is -0.0882. The number of ketones is 1. The number of amides is 1. The molecule has 1 aromatic carbocycles. The highest BCUT2D eigenvalue weighted by Gasteiger charge is 2.20. The molecule has 5 nitrogen and oxygen atoms in total. The van der Waals surface area contributed by atoms with Crippen LogP contribution in [0.25, 0.3) is 0 Å². The maximum absolute atomic E-state index is 12.9. The highest BCUT2D eigenvalue weighted by molar-refractivity contribution is 7.16. The van der Waals surface area contributed by atoms with Gasteiger partial charge in [0.1, 0.15) is 5.00 Å². The average molecular weight is 372 g/mol. The molecule has 1 saturated heterocycles. The van der Waals surface area contributed by atoms with Crippen molar-refractivity contribution in [3.05, 3.63) is 51.9 Å². The maximum atomic E-state index is 12.9. The molecule has 138 valence electrons. The number of nitrogens with one attached hydrogen (secondary N) is 1. The van der Waals surface area contributed by atoms with Gasteiger partial charge in [-0.3, -0.25) is 14.5 Å². The SMILES string of the molecule is CCc1cc(C(=O)c2cccc(C)c2)c(NC(=O)CN2CCOCC2)s1. The van der Waals surface area contributed by atoms with Gasteiger partial charge in [0.2, 0.25) is 5.91 Å². The normalized spacial score (nSPS) is 15.0. The number of rotatable bonds is 6. The highest BCUT2D eigenvalue weighted by Crippen LogP contribution is 2.30. The lowest BCUT2D eigenvalue weighted by molar-refractivity contribution is -0.118. The van der Waals surface area contributed by atoms with Crippen molar-refractivity contribution >= 4 is 28.0 Å². The molecule has 3 rings (SSSR count). The van der Waals surface area contributed by atoms with E-state index in [1.54, 1.807) is 0 Å². The Bertz CT molecular complexity index is 794. The van der Waals surface area contributed by atoms with Crippen LogP contribution in [0.2, 0.25) is 0 Å². The molecule has 6 heteroatoms. The first kappa shape index (κ1) is 18.8. The van der Waals surface area contributed by atoms with E-state index < -0.39 is 0 Å². The molecular weight excluding hydrogens is 348 g/mol.